The maximum absolute atomic E-state index is 13.0. The molecule has 0 fully saturated rings. The number of benzene rings is 2. The maximum atomic E-state index is 13.0. The zero-order valence-electron chi connectivity index (χ0n) is 11.7. The van der Waals surface area contributed by atoms with Gasteiger partial charge in [-0.15, -0.1) is 0 Å². The summed E-state index contributed by atoms with van der Waals surface area (Å²) in [6.07, 6.45) is 0. The van der Waals surface area contributed by atoms with Crippen molar-refractivity contribution in [2.24, 2.45) is 0 Å². The first-order valence-electron chi connectivity index (χ1n) is 6.61. The molecular formula is C16H15F2NO3. The molecule has 4 nitrogen and oxygen atoms in total. The van der Waals surface area contributed by atoms with Gasteiger partial charge in [0, 0.05) is 12.6 Å². The van der Waals surface area contributed by atoms with Crippen LogP contribution in [0.15, 0.2) is 42.5 Å². The molecule has 0 atom stereocenters. The number of hydrogen-bond acceptors (Lipinski definition) is 3. The molecule has 2 rings (SSSR count). The van der Waals surface area contributed by atoms with E-state index in [2.05, 4.69) is 5.32 Å². The van der Waals surface area contributed by atoms with Gasteiger partial charge in [0.1, 0.15) is 17.4 Å². The first kappa shape index (κ1) is 15.9. The molecule has 0 saturated heterocycles. The van der Waals surface area contributed by atoms with Gasteiger partial charge in [0.25, 0.3) is 5.91 Å². The van der Waals surface area contributed by atoms with Crippen LogP contribution < -0.4 is 10.1 Å². The minimum absolute atomic E-state index is 0.00749. The van der Waals surface area contributed by atoms with E-state index < -0.39 is 17.5 Å². The van der Waals surface area contributed by atoms with Gasteiger partial charge in [-0.05, 0) is 35.4 Å². The Morgan fingerprint density at radius 1 is 1.09 bits per heavy atom. The van der Waals surface area contributed by atoms with E-state index in [-0.39, 0.29) is 19.8 Å². The van der Waals surface area contributed by atoms with Gasteiger partial charge in [-0.3, -0.25) is 4.79 Å². The van der Waals surface area contributed by atoms with Crippen LogP contribution in [0.1, 0.15) is 11.1 Å². The fourth-order valence-electron chi connectivity index (χ4n) is 1.85. The van der Waals surface area contributed by atoms with Gasteiger partial charge in [0.15, 0.2) is 6.61 Å². The number of nitrogens with one attached hydrogen (secondary N) is 1. The number of hydrogen-bond donors (Lipinski definition) is 2. The quantitative estimate of drug-likeness (QED) is 0.860. The number of aliphatic hydroxyl groups excluding tert-OH is 1. The molecule has 0 bridgehead atoms. The zero-order valence-corrected chi connectivity index (χ0v) is 11.7. The summed E-state index contributed by atoms with van der Waals surface area (Å²) >= 11 is 0. The van der Waals surface area contributed by atoms with Gasteiger partial charge in [-0.1, -0.05) is 12.1 Å². The number of halogens is 2. The van der Waals surface area contributed by atoms with E-state index in [1.54, 1.807) is 24.3 Å². The summed E-state index contributed by atoms with van der Waals surface area (Å²) < 4.78 is 31.3. The van der Waals surface area contributed by atoms with E-state index in [4.69, 9.17) is 9.84 Å². The van der Waals surface area contributed by atoms with Crippen molar-refractivity contribution in [2.45, 2.75) is 13.2 Å². The lowest BCUT2D eigenvalue weighted by atomic mass is 10.2. The van der Waals surface area contributed by atoms with Crippen molar-refractivity contribution in [2.75, 3.05) is 6.61 Å². The highest BCUT2D eigenvalue weighted by Gasteiger charge is 2.05. The van der Waals surface area contributed by atoms with Crippen molar-refractivity contribution >= 4 is 5.91 Å². The van der Waals surface area contributed by atoms with Crippen molar-refractivity contribution < 1.29 is 23.4 Å². The van der Waals surface area contributed by atoms with E-state index in [1.165, 1.54) is 0 Å². The van der Waals surface area contributed by atoms with Crippen molar-refractivity contribution in [1.82, 2.24) is 5.32 Å². The molecule has 6 heteroatoms. The Kier molecular flexibility index (Phi) is 5.43. The van der Waals surface area contributed by atoms with Gasteiger partial charge in [0.05, 0.1) is 6.61 Å². The highest BCUT2D eigenvalue weighted by molar-refractivity contribution is 5.77. The van der Waals surface area contributed by atoms with Gasteiger partial charge in [-0.2, -0.15) is 0 Å². The molecule has 0 radical (unpaired) electrons. The summed E-state index contributed by atoms with van der Waals surface area (Å²) in [4.78, 5) is 11.6. The summed E-state index contributed by atoms with van der Waals surface area (Å²) in [6, 6.07) is 9.77. The third-order valence-electron chi connectivity index (χ3n) is 2.86. The SMILES string of the molecule is O=C(COc1cccc(CO)c1)NCc1cc(F)cc(F)c1. The molecular weight excluding hydrogens is 292 g/mol. The molecule has 0 saturated carbocycles. The second-order valence-corrected chi connectivity index (χ2v) is 4.65. The number of carbonyl (C=O) groups is 1. The minimum atomic E-state index is -0.693. The Morgan fingerprint density at radius 3 is 2.50 bits per heavy atom. The summed E-state index contributed by atoms with van der Waals surface area (Å²) in [5.74, 6) is -1.35. The molecule has 0 aliphatic heterocycles. The van der Waals surface area contributed by atoms with E-state index in [0.29, 0.717) is 16.9 Å². The van der Waals surface area contributed by atoms with Crippen molar-refractivity contribution in [3.05, 3.63) is 65.2 Å². The second kappa shape index (κ2) is 7.51. The van der Waals surface area contributed by atoms with E-state index >= 15 is 0 Å². The third kappa shape index (κ3) is 4.82. The average molecular weight is 307 g/mol. The van der Waals surface area contributed by atoms with Gasteiger partial charge >= 0.3 is 0 Å². The lowest BCUT2D eigenvalue weighted by Gasteiger charge is -2.08. The van der Waals surface area contributed by atoms with Crippen LogP contribution >= 0.6 is 0 Å². The van der Waals surface area contributed by atoms with Crippen LogP contribution in [-0.2, 0) is 17.9 Å². The topological polar surface area (TPSA) is 58.6 Å². The number of rotatable bonds is 6. The average Bonchev–Trinajstić information content (AvgIpc) is 2.50. The van der Waals surface area contributed by atoms with E-state index in [9.17, 15) is 13.6 Å². The standard InChI is InChI=1S/C16H15F2NO3/c17-13-4-12(5-14(18)7-13)8-19-16(21)10-22-15-3-1-2-11(6-15)9-20/h1-7,20H,8-10H2,(H,19,21). The molecule has 0 heterocycles. The molecule has 0 unspecified atom stereocenters. The Morgan fingerprint density at radius 2 is 1.82 bits per heavy atom. The molecule has 2 N–H and O–H groups in total. The van der Waals surface area contributed by atoms with Gasteiger partial charge in [-0.25, -0.2) is 8.78 Å². The fraction of sp³-hybridized carbons (Fsp3) is 0.188. The molecule has 2 aromatic carbocycles. The molecule has 1 amide bonds. The Labute approximate surface area is 126 Å². The van der Waals surface area contributed by atoms with E-state index in [0.717, 1.165) is 18.2 Å². The first-order valence-corrected chi connectivity index (χ1v) is 6.61. The molecule has 0 aromatic heterocycles. The predicted molar refractivity (Wildman–Crippen MR) is 76.1 cm³/mol. The smallest absolute Gasteiger partial charge is 0.258 e. The number of carbonyl (C=O) groups excluding carboxylic acids is 1. The lowest BCUT2D eigenvalue weighted by Crippen LogP contribution is -2.28. The molecule has 116 valence electrons. The number of amides is 1. The lowest BCUT2D eigenvalue weighted by molar-refractivity contribution is -0.123. The Bertz CT molecular complexity index is 641. The van der Waals surface area contributed by atoms with Crippen molar-refractivity contribution in [3.63, 3.8) is 0 Å². The molecule has 0 aliphatic carbocycles. The monoisotopic (exact) mass is 307 g/mol. The van der Waals surface area contributed by atoms with Crippen molar-refractivity contribution in [1.29, 1.82) is 0 Å². The largest absolute Gasteiger partial charge is 0.484 e. The Balaban J connectivity index is 1.82. The number of ether oxygens (including phenoxy) is 1. The highest BCUT2D eigenvalue weighted by Crippen LogP contribution is 2.13. The normalized spacial score (nSPS) is 10.3. The van der Waals surface area contributed by atoms with E-state index in [1.807, 2.05) is 0 Å². The molecule has 2 aromatic rings. The summed E-state index contributed by atoms with van der Waals surface area (Å²) in [7, 11) is 0. The van der Waals surface area contributed by atoms with Gasteiger partial charge in [0.2, 0.25) is 0 Å². The maximum Gasteiger partial charge on any atom is 0.258 e. The van der Waals surface area contributed by atoms with Gasteiger partial charge < -0.3 is 15.2 Å². The third-order valence-corrected chi connectivity index (χ3v) is 2.86. The second-order valence-electron chi connectivity index (χ2n) is 4.65. The summed E-state index contributed by atoms with van der Waals surface area (Å²) in [6.45, 7) is -0.339. The zero-order chi connectivity index (χ0) is 15.9. The van der Waals surface area contributed by atoms with Crippen LogP contribution in [0.2, 0.25) is 0 Å². The number of aliphatic hydroxyl groups is 1. The van der Waals surface area contributed by atoms with Crippen LogP contribution in [0.25, 0.3) is 0 Å². The summed E-state index contributed by atoms with van der Waals surface area (Å²) in [5.41, 5.74) is 1.00. The Hall–Kier alpha value is -2.47. The van der Waals surface area contributed by atoms with Crippen LogP contribution in [-0.4, -0.2) is 17.6 Å². The first-order chi connectivity index (χ1) is 10.6. The van der Waals surface area contributed by atoms with Crippen LogP contribution in [0, 0.1) is 11.6 Å². The molecule has 22 heavy (non-hydrogen) atoms. The van der Waals surface area contributed by atoms with Crippen molar-refractivity contribution in [3.8, 4) is 5.75 Å². The van der Waals surface area contributed by atoms with Crippen LogP contribution in [0.3, 0.4) is 0 Å². The van der Waals surface area contributed by atoms with Crippen LogP contribution in [0.4, 0.5) is 8.78 Å². The highest BCUT2D eigenvalue weighted by atomic mass is 19.1. The van der Waals surface area contributed by atoms with Crippen LogP contribution in [0.5, 0.6) is 5.75 Å². The fourth-order valence-corrected chi connectivity index (χ4v) is 1.85. The minimum Gasteiger partial charge on any atom is -0.484 e. The predicted octanol–water partition coefficient (Wildman–Crippen LogP) is 2.15. The molecule has 0 spiro atoms. The molecule has 0 aliphatic rings. The summed E-state index contributed by atoms with van der Waals surface area (Å²) in [5, 5.41) is 11.5.